The van der Waals surface area contributed by atoms with E-state index in [1.54, 1.807) is 11.8 Å². The summed E-state index contributed by atoms with van der Waals surface area (Å²) in [7, 11) is 0. The van der Waals surface area contributed by atoms with Crippen molar-refractivity contribution in [3.63, 3.8) is 0 Å². The van der Waals surface area contributed by atoms with Gasteiger partial charge in [0.05, 0.1) is 30.1 Å². The topological polar surface area (TPSA) is 85.8 Å². The van der Waals surface area contributed by atoms with Crippen molar-refractivity contribution in [1.29, 1.82) is 0 Å². The first-order valence-electron chi connectivity index (χ1n) is 16.3. The van der Waals surface area contributed by atoms with Gasteiger partial charge in [-0.25, -0.2) is 4.98 Å². The summed E-state index contributed by atoms with van der Waals surface area (Å²) in [5.74, 6) is -0.181. The predicted molar refractivity (Wildman–Crippen MR) is 178 cm³/mol. The first-order chi connectivity index (χ1) is 21.8. The summed E-state index contributed by atoms with van der Waals surface area (Å²) in [5.41, 5.74) is 1.76. The Balaban J connectivity index is 1.32. The number of nitrogens with zero attached hydrogens (tertiary/aromatic N) is 2. The molecule has 0 N–H and O–H groups in total. The van der Waals surface area contributed by atoms with Gasteiger partial charge in [-0.1, -0.05) is 78.2 Å². The van der Waals surface area contributed by atoms with Gasteiger partial charge < -0.3 is 14.4 Å². The van der Waals surface area contributed by atoms with Crippen LogP contribution < -0.4 is 4.74 Å². The van der Waals surface area contributed by atoms with E-state index < -0.39 is 17.6 Å². The van der Waals surface area contributed by atoms with Crippen LogP contribution >= 0.6 is 15.9 Å². The number of hydrogen-bond donors (Lipinski definition) is 0. The molecule has 1 aromatic heterocycles. The number of hydrogen-bond acceptors (Lipinski definition) is 6. The number of carbonyl (C=O) groups excluding carboxylic acids is 3. The molecule has 0 bridgehead atoms. The van der Waals surface area contributed by atoms with Crippen LogP contribution in [0, 0.1) is 17.3 Å². The van der Waals surface area contributed by atoms with Crippen molar-refractivity contribution >= 4 is 44.5 Å². The predicted octanol–water partition coefficient (Wildman–Crippen LogP) is 7.70. The Morgan fingerprint density at radius 1 is 1.09 bits per heavy atom. The fraction of sp³-hybridized carbons (Fsp3) is 0.459. The van der Waals surface area contributed by atoms with E-state index in [2.05, 4.69) is 34.1 Å². The third-order valence-corrected chi connectivity index (χ3v) is 10.1. The van der Waals surface area contributed by atoms with Crippen LogP contribution in [0.3, 0.4) is 0 Å². The summed E-state index contributed by atoms with van der Waals surface area (Å²) in [6.45, 7) is 4.32. The number of ketones is 1. The number of aromatic nitrogens is 1. The third kappa shape index (κ3) is 6.71. The van der Waals surface area contributed by atoms with Gasteiger partial charge in [0, 0.05) is 34.2 Å². The molecule has 1 saturated heterocycles. The second kappa shape index (κ2) is 13.5. The Morgan fingerprint density at radius 3 is 2.76 bits per heavy atom. The summed E-state index contributed by atoms with van der Waals surface area (Å²) in [5, 5.41) is 0.996. The number of rotatable bonds is 5. The number of Topliss-reactive ketones (excluding diaryl/α,β-unsaturated/α-hetero) is 1. The first kappa shape index (κ1) is 31.5. The standard InChI is InChI=1S/C37H41BrN2O5/c1-3-44-36(43)37-21-27(37)15-8-6-4-5-7-12-24(2)35(42)40-23-29(20-32(40)33(41)22-37)45-34-30(25-14-11-16-28(38)18-25)19-26-13-9-10-17-31(26)39-34/h8-11,13-19,24,27,29,32H,3-7,12,20-23H2,1-2H3/b15-8-/t24-,27+,29+,32-,37+/m0/s1. The monoisotopic (exact) mass is 672 g/mol. The summed E-state index contributed by atoms with van der Waals surface area (Å²) >= 11 is 3.59. The van der Waals surface area contributed by atoms with Gasteiger partial charge in [0.25, 0.3) is 0 Å². The lowest BCUT2D eigenvalue weighted by atomic mass is 9.91. The highest BCUT2D eigenvalue weighted by molar-refractivity contribution is 9.10. The molecule has 2 aromatic carbocycles. The number of para-hydroxylation sites is 1. The minimum atomic E-state index is -0.850. The molecule has 7 nitrogen and oxygen atoms in total. The van der Waals surface area contributed by atoms with Crippen LogP contribution in [0.15, 0.2) is 71.2 Å². The molecule has 236 valence electrons. The summed E-state index contributed by atoms with van der Waals surface area (Å²) in [4.78, 5) is 47.9. The zero-order valence-corrected chi connectivity index (χ0v) is 27.6. The molecule has 3 heterocycles. The molecule has 0 radical (unpaired) electrons. The molecule has 45 heavy (non-hydrogen) atoms. The Bertz CT molecular complexity index is 1620. The normalized spacial score (nSPS) is 28.0. The van der Waals surface area contributed by atoms with Gasteiger partial charge in [-0.15, -0.1) is 0 Å². The summed E-state index contributed by atoms with van der Waals surface area (Å²) in [6.07, 6.45) is 9.58. The van der Waals surface area contributed by atoms with Gasteiger partial charge in [0.2, 0.25) is 11.8 Å². The molecule has 8 heteroatoms. The lowest BCUT2D eigenvalue weighted by Crippen LogP contribution is -2.44. The van der Waals surface area contributed by atoms with Crippen molar-refractivity contribution in [3.05, 3.63) is 71.2 Å². The largest absolute Gasteiger partial charge is 0.472 e. The van der Waals surface area contributed by atoms with Crippen molar-refractivity contribution in [2.45, 2.75) is 77.4 Å². The molecule has 3 aromatic rings. The van der Waals surface area contributed by atoms with E-state index in [0.717, 1.165) is 58.6 Å². The number of esters is 1. The average Bonchev–Trinajstić information content (AvgIpc) is 3.56. The van der Waals surface area contributed by atoms with Crippen LogP contribution in [0.4, 0.5) is 0 Å². The van der Waals surface area contributed by atoms with Crippen molar-refractivity contribution in [1.82, 2.24) is 9.88 Å². The van der Waals surface area contributed by atoms with Gasteiger partial charge in [-0.05, 0) is 68.4 Å². The SMILES string of the molecule is CCOC(=O)[C@]12CC(=O)[C@@H]3C[C@@H](Oc4nc5ccccc5cc4-c4cccc(Br)c4)CN3C(=O)[C@@H](C)CCCCC/C=C\[C@@H]1C2. The molecule has 1 aliphatic carbocycles. The van der Waals surface area contributed by atoms with E-state index >= 15 is 0 Å². The molecule has 0 unspecified atom stereocenters. The Hall–Kier alpha value is -3.52. The van der Waals surface area contributed by atoms with Gasteiger partial charge >= 0.3 is 5.97 Å². The fourth-order valence-corrected chi connectivity index (χ4v) is 7.40. The summed E-state index contributed by atoms with van der Waals surface area (Å²) < 4.78 is 13.1. The number of halogens is 1. The summed E-state index contributed by atoms with van der Waals surface area (Å²) in [6, 6.07) is 17.3. The second-order valence-electron chi connectivity index (χ2n) is 12.8. The van der Waals surface area contributed by atoms with Gasteiger partial charge in [-0.2, -0.15) is 0 Å². The van der Waals surface area contributed by atoms with Crippen molar-refractivity contribution in [3.8, 4) is 17.0 Å². The second-order valence-corrected chi connectivity index (χ2v) is 13.7. The van der Waals surface area contributed by atoms with E-state index in [9.17, 15) is 14.4 Å². The minimum absolute atomic E-state index is 0.0169. The fourth-order valence-electron chi connectivity index (χ4n) is 7.00. The average molecular weight is 674 g/mol. The van der Waals surface area contributed by atoms with Crippen molar-refractivity contribution in [2.75, 3.05) is 13.2 Å². The maximum Gasteiger partial charge on any atom is 0.313 e. The zero-order chi connectivity index (χ0) is 31.6. The van der Waals surface area contributed by atoms with Crippen LogP contribution in [0.2, 0.25) is 0 Å². The van der Waals surface area contributed by atoms with Crippen molar-refractivity contribution in [2.24, 2.45) is 17.3 Å². The molecular weight excluding hydrogens is 632 g/mol. The Kier molecular flexibility index (Phi) is 9.41. The molecule has 1 amide bonds. The van der Waals surface area contributed by atoms with Crippen LogP contribution in [0.5, 0.6) is 5.88 Å². The highest BCUT2D eigenvalue weighted by Gasteiger charge is 2.61. The highest BCUT2D eigenvalue weighted by Crippen LogP contribution is 2.57. The number of benzene rings is 2. The molecule has 0 spiro atoms. The van der Waals surface area contributed by atoms with Crippen LogP contribution in [-0.2, 0) is 19.1 Å². The number of ether oxygens (including phenoxy) is 2. The molecule has 6 rings (SSSR count). The smallest absolute Gasteiger partial charge is 0.313 e. The van der Waals surface area contributed by atoms with E-state index in [0.29, 0.717) is 25.3 Å². The first-order valence-corrected chi connectivity index (χ1v) is 17.1. The maximum atomic E-state index is 14.1. The number of amides is 1. The Morgan fingerprint density at radius 2 is 1.93 bits per heavy atom. The quantitative estimate of drug-likeness (QED) is 0.204. The third-order valence-electron chi connectivity index (χ3n) is 9.62. The van der Waals surface area contributed by atoms with Gasteiger partial charge in [0.15, 0.2) is 5.78 Å². The number of allylic oxidation sites excluding steroid dienone is 2. The van der Waals surface area contributed by atoms with Crippen LogP contribution in [-0.4, -0.2) is 52.8 Å². The molecule has 1 saturated carbocycles. The van der Waals surface area contributed by atoms with Crippen molar-refractivity contribution < 1.29 is 23.9 Å². The lowest BCUT2D eigenvalue weighted by Gasteiger charge is -2.27. The number of fused-ring (bicyclic) bond motifs is 3. The highest BCUT2D eigenvalue weighted by atomic mass is 79.9. The van der Waals surface area contributed by atoms with Crippen LogP contribution in [0.25, 0.3) is 22.0 Å². The Labute approximate surface area is 273 Å². The van der Waals surface area contributed by atoms with E-state index in [1.807, 2.05) is 55.5 Å². The maximum absolute atomic E-state index is 14.1. The lowest BCUT2D eigenvalue weighted by molar-refractivity contribution is -0.152. The molecular formula is C37H41BrN2O5. The molecule has 2 aliphatic heterocycles. The zero-order valence-electron chi connectivity index (χ0n) is 26.0. The van der Waals surface area contributed by atoms with E-state index in [4.69, 9.17) is 14.5 Å². The van der Waals surface area contributed by atoms with Gasteiger partial charge in [-0.3, -0.25) is 14.4 Å². The van der Waals surface area contributed by atoms with E-state index in [1.165, 1.54) is 0 Å². The van der Waals surface area contributed by atoms with E-state index in [-0.39, 0.29) is 42.5 Å². The molecule has 2 fully saturated rings. The van der Waals surface area contributed by atoms with Crippen LogP contribution in [0.1, 0.15) is 65.2 Å². The minimum Gasteiger partial charge on any atom is -0.472 e. The molecule has 3 aliphatic rings. The number of pyridine rings is 1. The number of carbonyl (C=O) groups is 3. The molecule has 5 atom stereocenters. The van der Waals surface area contributed by atoms with Gasteiger partial charge in [0.1, 0.15) is 6.10 Å².